The van der Waals surface area contributed by atoms with Crippen molar-refractivity contribution in [2.75, 3.05) is 19.6 Å². The molecule has 0 bridgehead atoms. The molecule has 1 saturated heterocycles. The maximum absolute atomic E-state index is 12.5. The first-order chi connectivity index (χ1) is 12.0. The highest BCUT2D eigenvalue weighted by atomic mass is 16.3. The summed E-state index contributed by atoms with van der Waals surface area (Å²) in [7, 11) is 0. The van der Waals surface area contributed by atoms with Gasteiger partial charge in [-0.25, -0.2) is 4.98 Å². The van der Waals surface area contributed by atoms with Gasteiger partial charge in [-0.2, -0.15) is 0 Å². The van der Waals surface area contributed by atoms with Crippen LogP contribution in [0, 0.1) is 13.8 Å². The molecule has 1 aliphatic rings. The first-order valence-electron chi connectivity index (χ1n) is 8.47. The number of likely N-dealkylation sites (tertiary alicyclic amines) is 1. The maximum atomic E-state index is 12.5. The minimum atomic E-state index is -0.280. The molecule has 2 aromatic heterocycles. The number of aromatic nitrogens is 2. The van der Waals surface area contributed by atoms with Crippen molar-refractivity contribution in [1.82, 2.24) is 19.8 Å². The number of rotatable bonds is 6. The van der Waals surface area contributed by atoms with Crippen molar-refractivity contribution in [2.45, 2.75) is 39.7 Å². The lowest BCUT2D eigenvalue weighted by Gasteiger charge is -2.15. The molecule has 2 aromatic rings. The van der Waals surface area contributed by atoms with Gasteiger partial charge in [-0.05, 0) is 26.7 Å². The molecule has 1 N–H and O–H groups in total. The summed E-state index contributed by atoms with van der Waals surface area (Å²) in [4.78, 5) is 42.0. The average Bonchev–Trinajstić information content (AvgIpc) is 3.11. The molecule has 8 nitrogen and oxygen atoms in total. The number of furan rings is 1. The Hall–Kier alpha value is -2.64. The number of carbonyl (C=O) groups is 2. The van der Waals surface area contributed by atoms with Gasteiger partial charge in [0.25, 0.3) is 5.56 Å². The molecule has 0 radical (unpaired) electrons. The van der Waals surface area contributed by atoms with E-state index in [9.17, 15) is 14.4 Å². The summed E-state index contributed by atoms with van der Waals surface area (Å²) < 4.78 is 6.70. The zero-order valence-corrected chi connectivity index (χ0v) is 14.5. The number of nitrogens with zero attached hydrogens (tertiary/aromatic N) is 3. The van der Waals surface area contributed by atoms with E-state index in [2.05, 4.69) is 10.3 Å². The summed E-state index contributed by atoms with van der Waals surface area (Å²) in [6.07, 6.45) is 3.56. The quantitative estimate of drug-likeness (QED) is 0.778. The van der Waals surface area contributed by atoms with Crippen LogP contribution in [-0.2, 0) is 16.1 Å². The number of hydrogen-bond donors (Lipinski definition) is 1. The average molecular weight is 346 g/mol. The number of nitrogens with one attached hydrogen (secondary N) is 1. The van der Waals surface area contributed by atoms with Crippen LogP contribution >= 0.6 is 0 Å². The molecule has 25 heavy (non-hydrogen) atoms. The zero-order chi connectivity index (χ0) is 18.0. The lowest BCUT2D eigenvalue weighted by atomic mass is 10.2. The van der Waals surface area contributed by atoms with Crippen LogP contribution in [0.5, 0.6) is 0 Å². The minimum Gasteiger partial charge on any atom is -0.443 e. The highest BCUT2D eigenvalue weighted by Crippen LogP contribution is 2.18. The van der Waals surface area contributed by atoms with Crippen LogP contribution in [0.4, 0.5) is 0 Å². The van der Waals surface area contributed by atoms with Gasteiger partial charge in [-0.15, -0.1) is 0 Å². The van der Waals surface area contributed by atoms with Gasteiger partial charge >= 0.3 is 0 Å². The Balaban J connectivity index is 1.55. The molecule has 8 heteroatoms. The highest BCUT2D eigenvalue weighted by Gasteiger charge is 2.19. The van der Waals surface area contributed by atoms with Crippen LogP contribution in [-0.4, -0.2) is 45.9 Å². The number of amides is 2. The zero-order valence-electron chi connectivity index (χ0n) is 14.5. The van der Waals surface area contributed by atoms with E-state index in [0.717, 1.165) is 18.5 Å². The summed E-state index contributed by atoms with van der Waals surface area (Å²) in [5, 5.41) is 3.19. The Morgan fingerprint density at radius 1 is 1.36 bits per heavy atom. The molecule has 0 spiro atoms. The smallest absolute Gasteiger partial charge is 0.265 e. The fourth-order valence-corrected chi connectivity index (χ4v) is 3.03. The third kappa shape index (κ3) is 3.57. The summed E-state index contributed by atoms with van der Waals surface area (Å²) in [6.45, 7) is 5.41. The van der Waals surface area contributed by atoms with Crippen molar-refractivity contribution in [3.8, 4) is 0 Å². The summed E-state index contributed by atoms with van der Waals surface area (Å²) in [5.74, 6) is 0.579. The largest absolute Gasteiger partial charge is 0.443 e. The Bertz CT molecular complexity index is 867. The predicted octanol–water partition coefficient (Wildman–Crippen LogP) is 0.735. The van der Waals surface area contributed by atoms with Crippen molar-refractivity contribution in [3.63, 3.8) is 0 Å². The van der Waals surface area contributed by atoms with E-state index in [1.807, 2.05) is 4.90 Å². The van der Waals surface area contributed by atoms with Gasteiger partial charge in [0, 0.05) is 31.6 Å². The molecule has 0 aromatic carbocycles. The molecule has 1 fully saturated rings. The molecule has 0 atom stereocenters. The van der Waals surface area contributed by atoms with Crippen LogP contribution in [0.15, 0.2) is 15.5 Å². The number of carbonyl (C=O) groups excluding carboxylic acids is 2. The molecule has 134 valence electrons. The molecule has 1 aliphatic heterocycles. The second-order valence-corrected chi connectivity index (χ2v) is 6.33. The first-order valence-corrected chi connectivity index (χ1v) is 8.47. The SMILES string of the molecule is Cc1oc2ncn(CC(=O)NCCCN3CCCC3=O)c(=O)c2c1C. The van der Waals surface area contributed by atoms with Gasteiger partial charge in [0.2, 0.25) is 17.5 Å². The van der Waals surface area contributed by atoms with Gasteiger partial charge in [-0.1, -0.05) is 0 Å². The Labute approximate surface area is 144 Å². The van der Waals surface area contributed by atoms with Crippen LogP contribution < -0.4 is 10.9 Å². The van der Waals surface area contributed by atoms with E-state index < -0.39 is 0 Å². The van der Waals surface area contributed by atoms with Crippen molar-refractivity contribution >= 4 is 22.9 Å². The monoisotopic (exact) mass is 346 g/mol. The molecule has 2 amide bonds. The third-order valence-corrected chi connectivity index (χ3v) is 4.57. The van der Waals surface area contributed by atoms with Crippen LogP contribution in [0.1, 0.15) is 30.6 Å². The van der Waals surface area contributed by atoms with Gasteiger partial charge in [-0.3, -0.25) is 19.0 Å². The van der Waals surface area contributed by atoms with E-state index in [-0.39, 0.29) is 23.9 Å². The van der Waals surface area contributed by atoms with Crippen molar-refractivity contribution in [1.29, 1.82) is 0 Å². The normalized spacial score (nSPS) is 14.5. The Kier molecular flexibility index (Phi) is 4.87. The molecule has 3 rings (SSSR count). The number of fused-ring (bicyclic) bond motifs is 1. The van der Waals surface area contributed by atoms with Crippen LogP contribution in [0.2, 0.25) is 0 Å². The van der Waals surface area contributed by atoms with E-state index in [1.54, 1.807) is 13.8 Å². The fourth-order valence-electron chi connectivity index (χ4n) is 3.03. The van der Waals surface area contributed by atoms with Gasteiger partial charge in [0.05, 0.1) is 0 Å². The Morgan fingerprint density at radius 3 is 2.88 bits per heavy atom. The lowest BCUT2D eigenvalue weighted by molar-refractivity contribution is -0.127. The second kappa shape index (κ2) is 7.08. The lowest BCUT2D eigenvalue weighted by Crippen LogP contribution is -2.34. The van der Waals surface area contributed by atoms with E-state index in [0.29, 0.717) is 42.8 Å². The van der Waals surface area contributed by atoms with Crippen molar-refractivity contribution < 1.29 is 14.0 Å². The third-order valence-electron chi connectivity index (χ3n) is 4.57. The molecule has 3 heterocycles. The van der Waals surface area contributed by atoms with E-state index in [1.165, 1.54) is 10.9 Å². The Morgan fingerprint density at radius 2 is 2.16 bits per heavy atom. The summed E-state index contributed by atoms with van der Waals surface area (Å²) in [5.41, 5.74) is 0.765. The topological polar surface area (TPSA) is 97.4 Å². The molecule has 0 saturated carbocycles. The highest BCUT2D eigenvalue weighted by molar-refractivity contribution is 5.79. The molecular weight excluding hydrogens is 324 g/mol. The fraction of sp³-hybridized carbons (Fsp3) is 0.529. The standard InChI is InChI=1S/C17H22N4O4/c1-11-12(2)25-16-15(11)17(24)21(10-19-16)9-13(22)18-6-4-8-20-7-3-5-14(20)23/h10H,3-9H2,1-2H3,(H,18,22). The minimum absolute atomic E-state index is 0.0892. The van der Waals surface area contributed by atoms with Gasteiger partial charge < -0.3 is 14.6 Å². The van der Waals surface area contributed by atoms with Crippen LogP contribution in [0.25, 0.3) is 11.1 Å². The molecule has 0 aliphatic carbocycles. The number of hydrogen-bond acceptors (Lipinski definition) is 5. The van der Waals surface area contributed by atoms with Gasteiger partial charge in [0.15, 0.2) is 0 Å². The molecular formula is C17H22N4O4. The maximum Gasteiger partial charge on any atom is 0.265 e. The van der Waals surface area contributed by atoms with E-state index in [4.69, 9.17) is 4.42 Å². The van der Waals surface area contributed by atoms with E-state index >= 15 is 0 Å². The van der Waals surface area contributed by atoms with Crippen LogP contribution in [0.3, 0.4) is 0 Å². The summed E-state index contributed by atoms with van der Waals surface area (Å²) in [6, 6.07) is 0. The first kappa shape index (κ1) is 17.2. The second-order valence-electron chi connectivity index (χ2n) is 6.33. The number of aryl methyl sites for hydroxylation is 2. The van der Waals surface area contributed by atoms with Gasteiger partial charge in [0.1, 0.15) is 24.0 Å². The molecule has 0 unspecified atom stereocenters. The summed E-state index contributed by atoms with van der Waals surface area (Å²) >= 11 is 0. The van der Waals surface area contributed by atoms with Crippen molar-refractivity contribution in [2.24, 2.45) is 0 Å². The van der Waals surface area contributed by atoms with Crippen molar-refractivity contribution in [3.05, 3.63) is 28.0 Å². The predicted molar refractivity (Wildman–Crippen MR) is 91.2 cm³/mol.